The van der Waals surface area contributed by atoms with Crippen molar-refractivity contribution in [3.05, 3.63) is 54.5 Å². The van der Waals surface area contributed by atoms with Crippen LogP contribution in [0.1, 0.15) is 50.9 Å². The van der Waals surface area contributed by atoms with Gasteiger partial charge in [0.25, 0.3) is 5.91 Å². The molecule has 0 fully saturated rings. The van der Waals surface area contributed by atoms with Crippen molar-refractivity contribution in [2.45, 2.75) is 52.7 Å². The highest BCUT2D eigenvalue weighted by Gasteiger charge is 2.16. The number of aryl methyl sites for hydroxylation is 1. The third-order valence-corrected chi connectivity index (χ3v) is 5.49. The summed E-state index contributed by atoms with van der Waals surface area (Å²) in [4.78, 5) is 36.6. The molecule has 11 heteroatoms. The van der Waals surface area contributed by atoms with Crippen LogP contribution in [0.4, 0.5) is 16.4 Å². The highest BCUT2D eigenvalue weighted by molar-refractivity contribution is 5.94. The lowest BCUT2D eigenvalue weighted by Gasteiger charge is -2.19. The van der Waals surface area contributed by atoms with Gasteiger partial charge < -0.3 is 25.7 Å². The minimum atomic E-state index is -0.541. The third-order valence-electron chi connectivity index (χ3n) is 5.49. The number of aromatic nitrogens is 5. The topological polar surface area (TPSA) is 139 Å². The second-order valence-corrected chi connectivity index (χ2v) is 9.87. The Labute approximate surface area is 221 Å². The van der Waals surface area contributed by atoms with Crippen LogP contribution in [-0.2, 0) is 11.3 Å². The molecule has 1 aromatic carbocycles. The highest BCUT2D eigenvalue weighted by Crippen LogP contribution is 2.27. The van der Waals surface area contributed by atoms with Crippen molar-refractivity contribution in [2.75, 3.05) is 18.4 Å². The van der Waals surface area contributed by atoms with Gasteiger partial charge in [-0.2, -0.15) is 10.1 Å². The summed E-state index contributed by atoms with van der Waals surface area (Å²) in [5.41, 5.74) is 3.17. The van der Waals surface area contributed by atoms with Crippen molar-refractivity contribution < 1.29 is 14.3 Å². The Morgan fingerprint density at radius 3 is 2.55 bits per heavy atom. The zero-order chi connectivity index (χ0) is 27.1. The number of aromatic amines is 1. The molecule has 0 aliphatic carbocycles. The number of amides is 2. The summed E-state index contributed by atoms with van der Waals surface area (Å²) in [6.45, 7) is 9.21. The quantitative estimate of drug-likeness (QED) is 0.225. The number of fused-ring (bicyclic) bond motifs is 1. The molecule has 0 spiro atoms. The molecule has 3 aromatic heterocycles. The highest BCUT2D eigenvalue weighted by atomic mass is 16.6. The van der Waals surface area contributed by atoms with Gasteiger partial charge in [-0.05, 0) is 63.9 Å². The summed E-state index contributed by atoms with van der Waals surface area (Å²) in [5.74, 6) is 0.247. The smallest absolute Gasteiger partial charge is 0.407 e. The van der Waals surface area contributed by atoms with Gasteiger partial charge in [-0.1, -0.05) is 6.92 Å². The van der Waals surface area contributed by atoms with E-state index in [1.165, 1.54) is 0 Å². The number of hydrogen-bond donors (Lipinski definition) is 4. The fourth-order valence-electron chi connectivity index (χ4n) is 3.79. The molecule has 0 saturated carbocycles. The average Bonchev–Trinajstić information content (AvgIpc) is 3.52. The van der Waals surface area contributed by atoms with Gasteiger partial charge >= 0.3 is 6.09 Å². The van der Waals surface area contributed by atoms with Gasteiger partial charge in [0.1, 0.15) is 11.2 Å². The van der Waals surface area contributed by atoms with Crippen LogP contribution in [0.2, 0.25) is 0 Å². The van der Waals surface area contributed by atoms with Gasteiger partial charge in [0.2, 0.25) is 5.95 Å². The van der Waals surface area contributed by atoms with Crippen molar-refractivity contribution in [2.24, 2.45) is 0 Å². The van der Waals surface area contributed by atoms with Gasteiger partial charge in [0.15, 0.2) is 0 Å². The van der Waals surface area contributed by atoms with Crippen LogP contribution < -0.4 is 16.0 Å². The van der Waals surface area contributed by atoms with E-state index in [1.54, 1.807) is 24.3 Å². The number of ether oxygens (including phenoxy) is 1. The molecule has 0 atom stereocenters. The number of alkyl carbamates (subject to hydrolysis) is 1. The van der Waals surface area contributed by atoms with Crippen LogP contribution in [0.3, 0.4) is 0 Å². The molecular formula is C27H34N8O3. The molecule has 0 unspecified atom stereocenters. The Morgan fingerprint density at radius 1 is 1.05 bits per heavy atom. The van der Waals surface area contributed by atoms with E-state index in [1.807, 2.05) is 50.1 Å². The summed E-state index contributed by atoms with van der Waals surface area (Å²) in [6.07, 6.45) is 6.76. The predicted molar refractivity (Wildman–Crippen MR) is 146 cm³/mol. The normalized spacial score (nSPS) is 11.4. The Bertz CT molecular complexity index is 1390. The van der Waals surface area contributed by atoms with E-state index in [2.05, 4.69) is 37.9 Å². The average molecular weight is 519 g/mol. The number of anilines is 2. The predicted octanol–water partition coefficient (Wildman–Crippen LogP) is 4.62. The molecule has 0 saturated heterocycles. The number of rotatable bonds is 10. The number of nitrogens with one attached hydrogen (secondary N) is 4. The number of H-pyrrole nitrogens is 1. The number of nitrogens with zero attached hydrogens (tertiary/aromatic N) is 4. The summed E-state index contributed by atoms with van der Waals surface area (Å²) in [5, 5.41) is 14.1. The van der Waals surface area contributed by atoms with Gasteiger partial charge in [-0.15, -0.1) is 0 Å². The summed E-state index contributed by atoms with van der Waals surface area (Å²) >= 11 is 0. The van der Waals surface area contributed by atoms with Crippen LogP contribution in [0.15, 0.2) is 48.9 Å². The fourth-order valence-corrected chi connectivity index (χ4v) is 3.79. The number of hydrogen-bond acceptors (Lipinski definition) is 7. The van der Waals surface area contributed by atoms with Gasteiger partial charge in [-0.3, -0.25) is 9.48 Å². The molecular weight excluding hydrogens is 484 g/mol. The molecule has 0 radical (unpaired) electrons. The molecule has 2 amide bonds. The zero-order valence-electron chi connectivity index (χ0n) is 22.2. The lowest BCUT2D eigenvalue weighted by molar-refractivity contribution is 0.0527. The Balaban J connectivity index is 1.33. The van der Waals surface area contributed by atoms with E-state index < -0.39 is 11.7 Å². The first-order valence-electron chi connectivity index (χ1n) is 12.7. The van der Waals surface area contributed by atoms with Crippen molar-refractivity contribution in [3.63, 3.8) is 0 Å². The SMILES string of the molecule is CCCn1cc(-c2nc(Nc3ccc(C(=O)NCCCNC(=O)OC(C)(C)C)cc3)nc3[nH]ccc23)cn1. The van der Waals surface area contributed by atoms with E-state index in [0.717, 1.165) is 40.9 Å². The number of carbonyl (C=O) groups excluding carboxylic acids is 2. The second-order valence-electron chi connectivity index (χ2n) is 9.87. The summed E-state index contributed by atoms with van der Waals surface area (Å²) in [7, 11) is 0. The van der Waals surface area contributed by atoms with E-state index in [9.17, 15) is 9.59 Å². The maximum Gasteiger partial charge on any atom is 0.407 e. The van der Waals surface area contributed by atoms with Crippen molar-refractivity contribution >= 4 is 34.7 Å². The van der Waals surface area contributed by atoms with Crippen molar-refractivity contribution in [3.8, 4) is 11.3 Å². The van der Waals surface area contributed by atoms with Crippen LogP contribution in [0.5, 0.6) is 0 Å². The molecule has 4 aromatic rings. The van der Waals surface area contributed by atoms with E-state index >= 15 is 0 Å². The van der Waals surface area contributed by atoms with E-state index in [0.29, 0.717) is 31.0 Å². The minimum Gasteiger partial charge on any atom is -0.444 e. The monoisotopic (exact) mass is 518 g/mol. The Morgan fingerprint density at radius 2 is 1.82 bits per heavy atom. The molecule has 200 valence electrons. The minimum absolute atomic E-state index is 0.191. The lowest BCUT2D eigenvalue weighted by atomic mass is 10.2. The molecule has 0 bridgehead atoms. The van der Waals surface area contributed by atoms with Crippen LogP contribution in [0.25, 0.3) is 22.3 Å². The first-order chi connectivity index (χ1) is 18.2. The molecule has 0 aliphatic rings. The van der Waals surface area contributed by atoms with Gasteiger partial charge in [0, 0.05) is 54.2 Å². The van der Waals surface area contributed by atoms with Crippen LogP contribution >= 0.6 is 0 Å². The molecule has 4 N–H and O–H groups in total. The number of carbonyl (C=O) groups is 2. The lowest BCUT2D eigenvalue weighted by Crippen LogP contribution is -2.34. The first-order valence-corrected chi connectivity index (χ1v) is 12.7. The summed E-state index contributed by atoms with van der Waals surface area (Å²) in [6, 6.07) is 9.03. The maximum atomic E-state index is 12.5. The Hall–Kier alpha value is -4.41. The molecule has 0 aliphatic heterocycles. The first kappa shape index (κ1) is 26.6. The molecule has 3 heterocycles. The number of benzene rings is 1. The van der Waals surface area contributed by atoms with Crippen LogP contribution in [0, 0.1) is 0 Å². The van der Waals surface area contributed by atoms with E-state index in [-0.39, 0.29) is 5.91 Å². The second kappa shape index (κ2) is 11.8. The van der Waals surface area contributed by atoms with Gasteiger partial charge in [0.05, 0.1) is 11.9 Å². The van der Waals surface area contributed by atoms with Crippen LogP contribution in [-0.4, -0.2) is 55.4 Å². The standard InChI is InChI=1S/C27H34N8O3/c1-5-15-35-17-19(16-31-35)22-21-11-14-28-23(21)34-25(33-22)32-20-9-7-18(8-10-20)24(36)29-12-6-13-30-26(37)38-27(2,3)4/h7-11,14,16-17H,5-6,12-13,15H2,1-4H3,(H,29,36)(H,30,37)(H2,28,32,33,34). The zero-order valence-corrected chi connectivity index (χ0v) is 22.2. The van der Waals surface area contributed by atoms with Gasteiger partial charge in [-0.25, -0.2) is 9.78 Å². The fraction of sp³-hybridized carbons (Fsp3) is 0.370. The van der Waals surface area contributed by atoms with E-state index in [4.69, 9.17) is 9.72 Å². The third kappa shape index (κ3) is 7.09. The maximum absolute atomic E-state index is 12.5. The molecule has 38 heavy (non-hydrogen) atoms. The largest absolute Gasteiger partial charge is 0.444 e. The summed E-state index contributed by atoms with van der Waals surface area (Å²) < 4.78 is 7.09. The molecule has 4 rings (SSSR count). The van der Waals surface area contributed by atoms with Crippen molar-refractivity contribution in [1.82, 2.24) is 35.4 Å². The Kier molecular flexibility index (Phi) is 8.25. The molecule has 11 nitrogen and oxygen atoms in total. The van der Waals surface area contributed by atoms with Crippen molar-refractivity contribution in [1.29, 1.82) is 0 Å².